The molecule has 7 heteroatoms. The van der Waals surface area contributed by atoms with E-state index in [9.17, 15) is 9.59 Å². The first-order chi connectivity index (χ1) is 10.1. The fourth-order valence-electron chi connectivity index (χ4n) is 2.35. The molecular weight excluding hydrogens is 274 g/mol. The number of anilines is 1. The number of likely N-dealkylation sites (tertiary alicyclic amines) is 1. The van der Waals surface area contributed by atoms with Crippen LogP contribution in [0.3, 0.4) is 0 Å². The van der Waals surface area contributed by atoms with Gasteiger partial charge in [0.15, 0.2) is 0 Å². The number of urea groups is 1. The van der Waals surface area contributed by atoms with Crippen LogP contribution in [0.5, 0.6) is 0 Å². The Balaban J connectivity index is 1.86. The third kappa shape index (κ3) is 4.42. The van der Waals surface area contributed by atoms with Crippen molar-refractivity contribution in [3.63, 3.8) is 0 Å². The number of amides is 2. The highest BCUT2D eigenvalue weighted by molar-refractivity contribution is 5.89. The Kier molecular flexibility index (Phi) is 5.10. The van der Waals surface area contributed by atoms with Crippen LogP contribution in [0.2, 0.25) is 0 Å². The molecule has 0 spiro atoms. The molecule has 2 amide bonds. The SMILES string of the molecule is COCC1CCN(C(=O)Nc2ccc(CC(=O)O)nc2)C1. The zero-order valence-electron chi connectivity index (χ0n) is 11.9. The second-order valence-electron chi connectivity index (χ2n) is 5.09. The van der Waals surface area contributed by atoms with Crippen molar-refractivity contribution in [1.82, 2.24) is 9.88 Å². The summed E-state index contributed by atoms with van der Waals surface area (Å²) in [7, 11) is 1.66. The van der Waals surface area contributed by atoms with Crippen molar-refractivity contribution in [2.45, 2.75) is 12.8 Å². The second-order valence-corrected chi connectivity index (χ2v) is 5.09. The van der Waals surface area contributed by atoms with Crippen LogP contribution in [0.25, 0.3) is 0 Å². The third-order valence-electron chi connectivity index (χ3n) is 3.38. The standard InChI is InChI=1S/C14H19N3O4/c1-21-9-10-4-5-17(8-10)14(20)16-12-3-2-11(15-7-12)6-13(18)19/h2-3,7,10H,4-6,8-9H2,1H3,(H,16,20)(H,18,19). The van der Waals surface area contributed by atoms with E-state index in [0.29, 0.717) is 37.0 Å². The average molecular weight is 293 g/mol. The topological polar surface area (TPSA) is 91.8 Å². The molecule has 1 fully saturated rings. The molecule has 1 aromatic rings. The number of carboxylic acid groups (broad SMARTS) is 1. The van der Waals surface area contributed by atoms with Crippen LogP contribution >= 0.6 is 0 Å². The van der Waals surface area contributed by atoms with E-state index in [4.69, 9.17) is 9.84 Å². The number of pyridine rings is 1. The number of carbonyl (C=O) groups is 2. The summed E-state index contributed by atoms with van der Waals surface area (Å²) in [6, 6.07) is 3.09. The van der Waals surface area contributed by atoms with Gasteiger partial charge in [-0.1, -0.05) is 0 Å². The number of hydrogen-bond donors (Lipinski definition) is 2. The first kappa shape index (κ1) is 15.2. The molecular formula is C14H19N3O4. The van der Waals surface area contributed by atoms with Gasteiger partial charge in [-0.25, -0.2) is 4.79 Å². The van der Waals surface area contributed by atoms with Crippen molar-refractivity contribution >= 4 is 17.7 Å². The van der Waals surface area contributed by atoms with Crippen molar-refractivity contribution in [2.75, 3.05) is 32.1 Å². The largest absolute Gasteiger partial charge is 0.481 e. The molecule has 1 unspecified atom stereocenters. The highest BCUT2D eigenvalue weighted by Gasteiger charge is 2.26. The van der Waals surface area contributed by atoms with Gasteiger partial charge >= 0.3 is 12.0 Å². The Bertz CT molecular complexity index is 503. The van der Waals surface area contributed by atoms with Crippen LogP contribution in [0.1, 0.15) is 12.1 Å². The van der Waals surface area contributed by atoms with E-state index in [0.717, 1.165) is 6.42 Å². The molecule has 2 rings (SSSR count). The van der Waals surface area contributed by atoms with E-state index in [-0.39, 0.29) is 12.5 Å². The van der Waals surface area contributed by atoms with Crippen molar-refractivity contribution in [1.29, 1.82) is 0 Å². The fraction of sp³-hybridized carbons (Fsp3) is 0.500. The van der Waals surface area contributed by atoms with E-state index in [1.165, 1.54) is 6.20 Å². The quantitative estimate of drug-likeness (QED) is 0.851. The van der Waals surface area contributed by atoms with Gasteiger partial charge in [0.1, 0.15) is 0 Å². The maximum absolute atomic E-state index is 12.1. The van der Waals surface area contributed by atoms with Crippen molar-refractivity contribution in [3.05, 3.63) is 24.0 Å². The maximum atomic E-state index is 12.1. The summed E-state index contributed by atoms with van der Waals surface area (Å²) in [5.41, 5.74) is 1.02. The van der Waals surface area contributed by atoms with E-state index < -0.39 is 5.97 Å². The van der Waals surface area contributed by atoms with Crippen LogP contribution in [0.4, 0.5) is 10.5 Å². The highest BCUT2D eigenvalue weighted by Crippen LogP contribution is 2.17. The lowest BCUT2D eigenvalue weighted by Gasteiger charge is -2.17. The smallest absolute Gasteiger partial charge is 0.321 e. The van der Waals surface area contributed by atoms with Crippen LogP contribution in [0, 0.1) is 5.92 Å². The molecule has 0 saturated carbocycles. The second kappa shape index (κ2) is 7.03. The van der Waals surface area contributed by atoms with E-state index in [1.54, 1.807) is 24.1 Å². The molecule has 21 heavy (non-hydrogen) atoms. The molecule has 1 aliphatic heterocycles. The summed E-state index contributed by atoms with van der Waals surface area (Å²) < 4.78 is 5.10. The molecule has 0 bridgehead atoms. The van der Waals surface area contributed by atoms with Gasteiger partial charge < -0.3 is 20.1 Å². The first-order valence-corrected chi connectivity index (χ1v) is 6.80. The van der Waals surface area contributed by atoms with Crippen LogP contribution in [-0.2, 0) is 16.0 Å². The zero-order valence-corrected chi connectivity index (χ0v) is 11.9. The number of carbonyl (C=O) groups excluding carboxylic acids is 1. The normalized spacial score (nSPS) is 17.8. The molecule has 0 aromatic carbocycles. The minimum absolute atomic E-state index is 0.126. The van der Waals surface area contributed by atoms with Gasteiger partial charge in [-0.05, 0) is 18.6 Å². The third-order valence-corrected chi connectivity index (χ3v) is 3.38. The average Bonchev–Trinajstić information content (AvgIpc) is 2.89. The first-order valence-electron chi connectivity index (χ1n) is 6.80. The van der Waals surface area contributed by atoms with Crippen molar-refractivity contribution < 1.29 is 19.4 Å². The fourth-order valence-corrected chi connectivity index (χ4v) is 2.35. The highest BCUT2D eigenvalue weighted by atomic mass is 16.5. The Labute approximate surface area is 122 Å². The molecule has 1 aliphatic rings. The molecule has 0 aliphatic carbocycles. The molecule has 1 aromatic heterocycles. The number of carboxylic acids is 1. The minimum Gasteiger partial charge on any atom is -0.481 e. The van der Waals surface area contributed by atoms with E-state index in [1.807, 2.05) is 0 Å². The Morgan fingerprint density at radius 2 is 2.33 bits per heavy atom. The summed E-state index contributed by atoms with van der Waals surface area (Å²) in [6.07, 6.45) is 2.29. The summed E-state index contributed by atoms with van der Waals surface area (Å²) in [5.74, 6) is -0.544. The van der Waals surface area contributed by atoms with Crippen LogP contribution < -0.4 is 5.32 Å². The number of hydrogen-bond acceptors (Lipinski definition) is 4. The predicted octanol–water partition coefficient (Wildman–Crippen LogP) is 1.21. The van der Waals surface area contributed by atoms with Gasteiger partial charge in [0.2, 0.25) is 0 Å². The van der Waals surface area contributed by atoms with Crippen molar-refractivity contribution in [2.24, 2.45) is 5.92 Å². The number of aromatic nitrogens is 1. The lowest BCUT2D eigenvalue weighted by Crippen LogP contribution is -2.33. The van der Waals surface area contributed by atoms with Crippen molar-refractivity contribution in [3.8, 4) is 0 Å². The van der Waals surface area contributed by atoms with Gasteiger partial charge in [-0.3, -0.25) is 9.78 Å². The van der Waals surface area contributed by atoms with E-state index in [2.05, 4.69) is 10.3 Å². The van der Waals surface area contributed by atoms with Gasteiger partial charge in [0, 0.05) is 26.1 Å². The summed E-state index contributed by atoms with van der Waals surface area (Å²) in [6.45, 7) is 2.06. The molecule has 0 radical (unpaired) electrons. The lowest BCUT2D eigenvalue weighted by molar-refractivity contribution is -0.136. The number of ether oxygens (including phenoxy) is 1. The van der Waals surface area contributed by atoms with Gasteiger partial charge in [0.05, 0.1) is 30.6 Å². The Morgan fingerprint density at radius 1 is 1.52 bits per heavy atom. The molecule has 1 atom stereocenters. The molecule has 1 saturated heterocycles. The number of nitrogens with one attached hydrogen (secondary N) is 1. The number of methoxy groups -OCH3 is 1. The van der Waals surface area contributed by atoms with Gasteiger partial charge in [0.25, 0.3) is 0 Å². The maximum Gasteiger partial charge on any atom is 0.321 e. The number of nitrogens with zero attached hydrogens (tertiary/aromatic N) is 2. The summed E-state index contributed by atoms with van der Waals surface area (Å²) >= 11 is 0. The summed E-state index contributed by atoms with van der Waals surface area (Å²) in [4.78, 5) is 28.4. The van der Waals surface area contributed by atoms with E-state index >= 15 is 0 Å². The van der Waals surface area contributed by atoms with Gasteiger partial charge in [-0.2, -0.15) is 0 Å². The number of aliphatic carboxylic acids is 1. The van der Waals surface area contributed by atoms with Crippen LogP contribution in [0.15, 0.2) is 18.3 Å². The monoisotopic (exact) mass is 293 g/mol. The number of rotatable bonds is 5. The Morgan fingerprint density at radius 3 is 2.95 bits per heavy atom. The summed E-state index contributed by atoms with van der Waals surface area (Å²) in [5, 5.41) is 11.4. The molecule has 114 valence electrons. The minimum atomic E-state index is -0.930. The lowest BCUT2D eigenvalue weighted by atomic mass is 10.1. The zero-order chi connectivity index (χ0) is 15.2. The van der Waals surface area contributed by atoms with Crippen LogP contribution in [-0.4, -0.2) is 53.8 Å². The predicted molar refractivity (Wildman–Crippen MR) is 76.2 cm³/mol. The van der Waals surface area contributed by atoms with Gasteiger partial charge in [-0.15, -0.1) is 0 Å². The molecule has 2 heterocycles. The Hall–Kier alpha value is -2.15. The molecule has 7 nitrogen and oxygen atoms in total. The molecule has 2 N–H and O–H groups in total.